The van der Waals surface area contributed by atoms with Crippen LogP contribution in [0, 0.1) is 0 Å². The maximum Gasteiger partial charge on any atom is 0.267 e. The van der Waals surface area contributed by atoms with E-state index in [-0.39, 0.29) is 5.69 Å². The average molecular weight is 279 g/mol. The molecular weight excluding hydrogens is 266 g/mol. The summed E-state index contributed by atoms with van der Waals surface area (Å²) in [5.41, 5.74) is 12.8. The summed E-state index contributed by atoms with van der Waals surface area (Å²) in [6.45, 7) is 0. The van der Waals surface area contributed by atoms with E-state index >= 15 is 0 Å². The zero-order valence-corrected chi connectivity index (χ0v) is 11.1. The molecule has 0 bridgehead atoms. The number of benzene rings is 1. The third kappa shape index (κ3) is 2.46. The number of imidazole rings is 1. The van der Waals surface area contributed by atoms with Gasteiger partial charge in [-0.1, -0.05) is 6.07 Å². The van der Waals surface area contributed by atoms with Gasteiger partial charge in [-0.05, 0) is 36.4 Å². The minimum Gasteiger partial charge on any atom is -0.399 e. The summed E-state index contributed by atoms with van der Waals surface area (Å²) in [4.78, 5) is 19.8. The number of carbonyl (C=O) groups is 1. The molecule has 4 N–H and O–H groups in total. The third-order valence-electron chi connectivity index (χ3n) is 3.04. The summed E-state index contributed by atoms with van der Waals surface area (Å²) in [5.74, 6) is 0.728. The minimum atomic E-state index is -0.564. The van der Waals surface area contributed by atoms with Crippen LogP contribution in [0.25, 0.3) is 17.2 Å². The van der Waals surface area contributed by atoms with E-state index in [0.29, 0.717) is 17.3 Å². The predicted molar refractivity (Wildman–Crippen MR) is 79.7 cm³/mol. The fourth-order valence-corrected chi connectivity index (χ4v) is 2.03. The summed E-state index contributed by atoms with van der Waals surface area (Å²) in [7, 11) is 0. The highest BCUT2D eigenvalue weighted by molar-refractivity contribution is 5.90. The molecule has 6 nitrogen and oxygen atoms in total. The summed E-state index contributed by atoms with van der Waals surface area (Å²) >= 11 is 0. The Bertz CT molecular complexity index is 792. The van der Waals surface area contributed by atoms with E-state index < -0.39 is 5.91 Å². The first kappa shape index (κ1) is 12.9. The van der Waals surface area contributed by atoms with Crippen LogP contribution in [0.15, 0.2) is 54.9 Å². The molecule has 0 aliphatic rings. The zero-order valence-electron chi connectivity index (χ0n) is 11.1. The third-order valence-corrected chi connectivity index (χ3v) is 3.04. The molecule has 3 aromatic rings. The molecule has 2 aromatic heterocycles. The molecule has 0 fully saturated rings. The number of carbonyl (C=O) groups excluding carboxylic acids is 1. The van der Waals surface area contributed by atoms with Gasteiger partial charge in [0.05, 0.1) is 0 Å². The highest BCUT2D eigenvalue weighted by atomic mass is 16.1. The molecule has 1 amide bonds. The maximum atomic E-state index is 11.2. The van der Waals surface area contributed by atoms with E-state index in [9.17, 15) is 4.79 Å². The number of hydrogen-bond donors (Lipinski definition) is 2. The SMILES string of the molecule is NC(=O)c1cccc(-n2ccnc2-c2ccc(N)cc2)n1. The second kappa shape index (κ2) is 5.09. The first-order valence-electron chi connectivity index (χ1n) is 6.31. The smallest absolute Gasteiger partial charge is 0.267 e. The van der Waals surface area contributed by atoms with Crippen LogP contribution in [0.2, 0.25) is 0 Å². The van der Waals surface area contributed by atoms with Crippen molar-refractivity contribution in [2.75, 3.05) is 5.73 Å². The first-order chi connectivity index (χ1) is 10.1. The number of primary amides is 1. The number of nitrogens with two attached hydrogens (primary N) is 2. The van der Waals surface area contributed by atoms with Crippen LogP contribution in [0.1, 0.15) is 10.5 Å². The molecule has 0 saturated heterocycles. The molecular formula is C15H13N5O. The Kier molecular flexibility index (Phi) is 3.12. The van der Waals surface area contributed by atoms with E-state index in [4.69, 9.17) is 11.5 Å². The van der Waals surface area contributed by atoms with Crippen molar-refractivity contribution in [3.63, 3.8) is 0 Å². The van der Waals surface area contributed by atoms with Crippen molar-refractivity contribution in [2.24, 2.45) is 5.73 Å². The summed E-state index contributed by atoms with van der Waals surface area (Å²) in [5, 5.41) is 0. The second-order valence-electron chi connectivity index (χ2n) is 4.49. The van der Waals surface area contributed by atoms with Gasteiger partial charge in [-0.25, -0.2) is 9.97 Å². The highest BCUT2D eigenvalue weighted by Gasteiger charge is 2.10. The zero-order chi connectivity index (χ0) is 14.8. The molecule has 0 atom stereocenters. The Balaban J connectivity index is 2.08. The standard InChI is InChI=1S/C15H13N5O/c16-11-6-4-10(5-7-11)15-18-8-9-20(15)13-3-1-2-12(19-13)14(17)21/h1-9H,16H2,(H2,17,21). The molecule has 6 heteroatoms. The van der Waals surface area contributed by atoms with Crippen LogP contribution in [-0.4, -0.2) is 20.4 Å². The largest absolute Gasteiger partial charge is 0.399 e. The topological polar surface area (TPSA) is 99.8 Å². The number of pyridine rings is 1. The Morgan fingerprint density at radius 3 is 2.57 bits per heavy atom. The predicted octanol–water partition coefficient (Wildman–Crippen LogP) is 1.62. The molecule has 1 aromatic carbocycles. The molecule has 104 valence electrons. The quantitative estimate of drug-likeness (QED) is 0.711. The summed E-state index contributed by atoms with van der Waals surface area (Å²) in [6, 6.07) is 12.5. The Hall–Kier alpha value is -3.15. The van der Waals surface area contributed by atoms with Gasteiger partial charge in [-0.3, -0.25) is 9.36 Å². The van der Waals surface area contributed by atoms with Crippen LogP contribution in [0.5, 0.6) is 0 Å². The van der Waals surface area contributed by atoms with E-state index in [1.807, 2.05) is 24.3 Å². The average Bonchev–Trinajstić information content (AvgIpc) is 2.97. The van der Waals surface area contributed by atoms with E-state index in [1.165, 1.54) is 0 Å². The van der Waals surface area contributed by atoms with Crippen molar-refractivity contribution in [2.45, 2.75) is 0 Å². The van der Waals surface area contributed by atoms with Crippen molar-refractivity contribution < 1.29 is 4.79 Å². The van der Waals surface area contributed by atoms with Gasteiger partial charge in [0.15, 0.2) is 0 Å². The second-order valence-corrected chi connectivity index (χ2v) is 4.49. The van der Waals surface area contributed by atoms with E-state index in [1.54, 1.807) is 35.2 Å². The van der Waals surface area contributed by atoms with Gasteiger partial charge in [-0.15, -0.1) is 0 Å². The molecule has 0 aliphatic heterocycles. The molecule has 2 heterocycles. The van der Waals surface area contributed by atoms with Crippen LogP contribution in [0.4, 0.5) is 5.69 Å². The van der Waals surface area contributed by atoms with Gasteiger partial charge < -0.3 is 11.5 Å². The lowest BCUT2D eigenvalue weighted by molar-refractivity contribution is 0.0995. The van der Waals surface area contributed by atoms with Gasteiger partial charge in [0.2, 0.25) is 0 Å². The number of aromatic nitrogens is 3. The number of amides is 1. The number of nitrogen functional groups attached to an aromatic ring is 1. The van der Waals surface area contributed by atoms with Gasteiger partial charge in [0.1, 0.15) is 17.3 Å². The molecule has 21 heavy (non-hydrogen) atoms. The maximum absolute atomic E-state index is 11.2. The van der Waals surface area contributed by atoms with Crippen molar-refractivity contribution in [1.29, 1.82) is 0 Å². The van der Waals surface area contributed by atoms with Gasteiger partial charge >= 0.3 is 0 Å². The van der Waals surface area contributed by atoms with Crippen molar-refractivity contribution in [3.05, 3.63) is 60.6 Å². The lowest BCUT2D eigenvalue weighted by atomic mass is 10.2. The summed E-state index contributed by atoms with van der Waals surface area (Å²) in [6.07, 6.45) is 3.45. The monoisotopic (exact) mass is 279 g/mol. The van der Waals surface area contributed by atoms with E-state index in [0.717, 1.165) is 5.56 Å². The Morgan fingerprint density at radius 1 is 1.10 bits per heavy atom. The van der Waals surface area contributed by atoms with Crippen LogP contribution in [0.3, 0.4) is 0 Å². The van der Waals surface area contributed by atoms with Gasteiger partial charge in [-0.2, -0.15) is 0 Å². The Morgan fingerprint density at radius 2 is 1.86 bits per heavy atom. The molecule has 0 saturated carbocycles. The molecule has 0 unspecified atom stereocenters. The van der Waals surface area contributed by atoms with Crippen LogP contribution < -0.4 is 11.5 Å². The number of nitrogens with zero attached hydrogens (tertiary/aromatic N) is 3. The molecule has 3 rings (SSSR count). The van der Waals surface area contributed by atoms with Crippen LogP contribution in [-0.2, 0) is 0 Å². The number of anilines is 1. The Labute approximate surface area is 121 Å². The van der Waals surface area contributed by atoms with Crippen LogP contribution >= 0.6 is 0 Å². The van der Waals surface area contributed by atoms with Crippen molar-refractivity contribution in [3.8, 4) is 17.2 Å². The van der Waals surface area contributed by atoms with E-state index in [2.05, 4.69) is 9.97 Å². The number of rotatable bonds is 3. The van der Waals surface area contributed by atoms with Crippen molar-refractivity contribution >= 4 is 11.6 Å². The molecule has 0 spiro atoms. The minimum absolute atomic E-state index is 0.212. The highest BCUT2D eigenvalue weighted by Crippen LogP contribution is 2.21. The number of hydrogen-bond acceptors (Lipinski definition) is 4. The van der Waals surface area contributed by atoms with Gasteiger partial charge in [0.25, 0.3) is 5.91 Å². The first-order valence-corrected chi connectivity index (χ1v) is 6.31. The van der Waals surface area contributed by atoms with Crippen molar-refractivity contribution in [1.82, 2.24) is 14.5 Å². The molecule has 0 radical (unpaired) electrons. The lowest BCUT2D eigenvalue weighted by Crippen LogP contribution is -2.14. The molecule has 0 aliphatic carbocycles. The summed E-state index contributed by atoms with van der Waals surface area (Å²) < 4.78 is 1.79. The normalized spacial score (nSPS) is 10.5. The lowest BCUT2D eigenvalue weighted by Gasteiger charge is -2.08. The van der Waals surface area contributed by atoms with Gasteiger partial charge in [0, 0.05) is 23.6 Å². The fraction of sp³-hybridized carbons (Fsp3) is 0. The fourth-order valence-electron chi connectivity index (χ4n) is 2.03.